The number of amides is 1. The summed E-state index contributed by atoms with van der Waals surface area (Å²) < 4.78 is 32.2. The van der Waals surface area contributed by atoms with Gasteiger partial charge in [0.15, 0.2) is 17.2 Å². The first-order chi connectivity index (χ1) is 17.8. The van der Waals surface area contributed by atoms with Crippen LogP contribution in [-0.4, -0.2) is 53.8 Å². The second kappa shape index (κ2) is 8.59. The van der Waals surface area contributed by atoms with Crippen LogP contribution in [0.5, 0.6) is 0 Å². The quantitative estimate of drug-likeness (QED) is 0.388. The molecule has 0 spiro atoms. The number of halogens is 2. The van der Waals surface area contributed by atoms with Crippen LogP contribution >= 0.6 is 0 Å². The van der Waals surface area contributed by atoms with Crippen molar-refractivity contribution in [3.05, 3.63) is 86.9 Å². The van der Waals surface area contributed by atoms with Gasteiger partial charge < -0.3 is 10.3 Å². The van der Waals surface area contributed by atoms with Crippen LogP contribution in [0.1, 0.15) is 33.0 Å². The number of carbonyl (C=O) groups is 1. The Morgan fingerprint density at radius 1 is 1.22 bits per heavy atom. The number of aromatic nitrogens is 6. The Kier molecular flexibility index (Phi) is 5.33. The van der Waals surface area contributed by atoms with Gasteiger partial charge in [-0.15, -0.1) is 0 Å². The summed E-state index contributed by atoms with van der Waals surface area (Å²) in [6.45, 7) is 3.39. The highest BCUT2D eigenvalue weighted by molar-refractivity contribution is 5.92. The van der Waals surface area contributed by atoms with E-state index in [-0.39, 0.29) is 22.5 Å². The Bertz CT molecular complexity index is 1770. The molecule has 0 atom stereocenters. The number of pyridine rings is 1. The Morgan fingerprint density at radius 2 is 2.05 bits per heavy atom. The molecule has 0 radical (unpaired) electrons. The Balaban J connectivity index is 1.26. The van der Waals surface area contributed by atoms with E-state index in [1.165, 1.54) is 0 Å². The summed E-state index contributed by atoms with van der Waals surface area (Å²) >= 11 is 0. The van der Waals surface area contributed by atoms with Gasteiger partial charge in [-0.1, -0.05) is 6.07 Å². The molecule has 0 fully saturated rings. The molecule has 1 aliphatic heterocycles. The molecule has 188 valence electrons. The van der Waals surface area contributed by atoms with Crippen LogP contribution in [0.4, 0.5) is 8.78 Å². The maximum absolute atomic E-state index is 15.4. The van der Waals surface area contributed by atoms with Crippen LogP contribution in [-0.2, 0) is 19.5 Å². The smallest absolute Gasteiger partial charge is 0.277 e. The van der Waals surface area contributed by atoms with Crippen molar-refractivity contribution in [1.82, 2.24) is 39.6 Å². The van der Waals surface area contributed by atoms with Gasteiger partial charge in [0.05, 0.1) is 28.8 Å². The molecule has 10 nitrogen and oxygen atoms in total. The molecule has 0 unspecified atom stereocenters. The predicted octanol–water partition coefficient (Wildman–Crippen LogP) is 2.26. The molecule has 12 heteroatoms. The lowest BCUT2D eigenvalue weighted by atomic mass is 10.1. The molecule has 6 rings (SSSR count). The molecule has 0 saturated carbocycles. The number of aryl methyl sites for hydroxylation is 1. The number of hydrogen-bond acceptors (Lipinski definition) is 6. The number of hydrogen-bond donors (Lipinski definition) is 2. The van der Waals surface area contributed by atoms with Crippen molar-refractivity contribution in [2.75, 3.05) is 13.6 Å². The summed E-state index contributed by atoms with van der Waals surface area (Å²) in [5.74, 6) is -1.58. The van der Waals surface area contributed by atoms with E-state index in [4.69, 9.17) is 5.10 Å². The van der Waals surface area contributed by atoms with Crippen LogP contribution in [0, 0.1) is 18.6 Å². The van der Waals surface area contributed by atoms with Crippen LogP contribution in [0.15, 0.2) is 41.5 Å². The van der Waals surface area contributed by atoms with E-state index in [9.17, 15) is 14.0 Å². The number of nitrogens with zero attached hydrogens (tertiary/aromatic N) is 6. The fourth-order valence-corrected chi connectivity index (χ4v) is 4.84. The number of carbonyl (C=O) groups excluding carboxylic acids is 1. The molecule has 0 aliphatic carbocycles. The average molecular weight is 505 g/mol. The van der Waals surface area contributed by atoms with Gasteiger partial charge in [-0.2, -0.15) is 10.2 Å². The molecular weight excluding hydrogens is 482 g/mol. The molecule has 1 amide bonds. The van der Waals surface area contributed by atoms with E-state index in [1.54, 1.807) is 29.9 Å². The van der Waals surface area contributed by atoms with Gasteiger partial charge in [-0.3, -0.25) is 14.5 Å². The minimum atomic E-state index is -0.759. The van der Waals surface area contributed by atoms with Gasteiger partial charge >= 0.3 is 0 Å². The second-order valence-electron chi connectivity index (χ2n) is 9.03. The fraction of sp³-hybridized carbons (Fsp3) is 0.240. The molecule has 37 heavy (non-hydrogen) atoms. The van der Waals surface area contributed by atoms with Crippen molar-refractivity contribution in [1.29, 1.82) is 0 Å². The van der Waals surface area contributed by atoms with Gasteiger partial charge in [0.1, 0.15) is 11.2 Å². The molecule has 1 aromatic carbocycles. The zero-order valence-electron chi connectivity index (χ0n) is 20.0. The zero-order chi connectivity index (χ0) is 25.8. The molecule has 0 bridgehead atoms. The van der Waals surface area contributed by atoms with E-state index in [0.29, 0.717) is 43.0 Å². The highest BCUT2D eigenvalue weighted by Gasteiger charge is 2.23. The molecule has 5 aromatic rings. The average Bonchev–Trinajstić information content (AvgIpc) is 3.49. The van der Waals surface area contributed by atoms with Crippen molar-refractivity contribution in [3.8, 4) is 5.69 Å². The van der Waals surface area contributed by atoms with E-state index in [2.05, 4.69) is 25.3 Å². The van der Waals surface area contributed by atoms with Crippen molar-refractivity contribution in [3.63, 3.8) is 0 Å². The SMILES string of the molecule is CNC(=O)c1ccc(-n2cc3c(n2)CCN(Cc2ccc4c([nH]c(=O)c5c(F)cnn54)c2F)C3)c(C)n1. The predicted molar refractivity (Wildman–Crippen MR) is 131 cm³/mol. The van der Waals surface area contributed by atoms with E-state index >= 15 is 4.39 Å². The maximum atomic E-state index is 15.4. The summed E-state index contributed by atoms with van der Waals surface area (Å²) in [5.41, 5.74) is 3.48. The van der Waals surface area contributed by atoms with Crippen LogP contribution in [0.3, 0.4) is 0 Å². The van der Waals surface area contributed by atoms with Gasteiger partial charge in [0, 0.05) is 50.4 Å². The maximum Gasteiger partial charge on any atom is 0.277 e. The van der Waals surface area contributed by atoms with Crippen LogP contribution in [0.25, 0.3) is 22.2 Å². The Hall–Kier alpha value is -4.45. The van der Waals surface area contributed by atoms with E-state index in [1.807, 2.05) is 19.2 Å². The minimum Gasteiger partial charge on any atom is -0.354 e. The number of H-pyrrole nitrogens is 1. The summed E-state index contributed by atoms with van der Waals surface area (Å²) in [4.78, 5) is 33.1. The topological polar surface area (TPSA) is 113 Å². The fourth-order valence-electron chi connectivity index (χ4n) is 4.84. The van der Waals surface area contributed by atoms with Gasteiger partial charge in [-0.05, 0) is 25.1 Å². The first kappa shape index (κ1) is 23.0. The number of fused-ring (bicyclic) bond motifs is 4. The summed E-state index contributed by atoms with van der Waals surface area (Å²) in [6, 6.07) is 6.74. The third-order valence-corrected chi connectivity index (χ3v) is 6.70. The van der Waals surface area contributed by atoms with Crippen molar-refractivity contribution in [2.24, 2.45) is 0 Å². The lowest BCUT2D eigenvalue weighted by molar-refractivity contribution is 0.0958. The third kappa shape index (κ3) is 3.76. The number of benzene rings is 1. The van der Waals surface area contributed by atoms with Crippen LogP contribution < -0.4 is 10.9 Å². The monoisotopic (exact) mass is 504 g/mol. The summed E-state index contributed by atoms with van der Waals surface area (Å²) in [5, 5.41) is 11.2. The summed E-state index contributed by atoms with van der Waals surface area (Å²) in [6.07, 6.45) is 3.56. The van der Waals surface area contributed by atoms with Crippen molar-refractivity contribution >= 4 is 22.5 Å². The first-order valence-corrected chi connectivity index (χ1v) is 11.7. The Labute approximate surface area is 208 Å². The normalized spacial score (nSPS) is 13.8. The highest BCUT2D eigenvalue weighted by atomic mass is 19.1. The molecule has 2 N–H and O–H groups in total. The van der Waals surface area contributed by atoms with E-state index < -0.39 is 17.2 Å². The molecule has 5 heterocycles. The molecule has 0 saturated heterocycles. The van der Waals surface area contributed by atoms with Gasteiger partial charge in [0.25, 0.3) is 11.5 Å². The minimum absolute atomic E-state index is 0.00760. The second-order valence-corrected chi connectivity index (χ2v) is 9.03. The van der Waals surface area contributed by atoms with Gasteiger partial charge in [-0.25, -0.2) is 23.0 Å². The standard InChI is InChI=1S/C25H22F2N8O2/c1-13-19(6-4-18(30-13)24(36)28-2)34-12-15-11-33(8-7-17(15)32-34)10-14-3-5-20-22(21(14)27)31-25(37)23-16(26)9-29-35(20)23/h3-6,9,12H,7-8,10-11H2,1-2H3,(H,28,36)(H,31,37). The lowest BCUT2D eigenvalue weighted by Crippen LogP contribution is -2.30. The number of rotatable bonds is 4. The zero-order valence-corrected chi connectivity index (χ0v) is 20.0. The number of nitrogens with one attached hydrogen (secondary N) is 2. The van der Waals surface area contributed by atoms with E-state index in [0.717, 1.165) is 27.7 Å². The van der Waals surface area contributed by atoms with Crippen molar-refractivity contribution in [2.45, 2.75) is 26.4 Å². The lowest BCUT2D eigenvalue weighted by Gasteiger charge is -2.26. The van der Waals surface area contributed by atoms with Gasteiger partial charge in [0.2, 0.25) is 0 Å². The first-order valence-electron chi connectivity index (χ1n) is 11.7. The molecule has 4 aromatic heterocycles. The highest BCUT2D eigenvalue weighted by Crippen LogP contribution is 2.25. The van der Waals surface area contributed by atoms with Crippen LogP contribution in [0.2, 0.25) is 0 Å². The summed E-state index contributed by atoms with van der Waals surface area (Å²) in [7, 11) is 1.56. The number of aromatic amines is 1. The molecule has 1 aliphatic rings. The Morgan fingerprint density at radius 3 is 2.84 bits per heavy atom. The van der Waals surface area contributed by atoms with Crippen molar-refractivity contribution < 1.29 is 13.6 Å². The third-order valence-electron chi connectivity index (χ3n) is 6.70. The largest absolute Gasteiger partial charge is 0.354 e. The molecular formula is C25H22F2N8O2.